The lowest BCUT2D eigenvalue weighted by Crippen LogP contribution is -2.29. The topological polar surface area (TPSA) is 45.5 Å². The van der Waals surface area contributed by atoms with E-state index in [9.17, 15) is 4.79 Å². The number of nitrogens with zero attached hydrogens (tertiary/aromatic N) is 2. The van der Waals surface area contributed by atoms with Gasteiger partial charge in [0.25, 0.3) is 0 Å². The summed E-state index contributed by atoms with van der Waals surface area (Å²) in [4.78, 5) is 13.6. The molecule has 1 aliphatic heterocycles. The van der Waals surface area contributed by atoms with Gasteiger partial charge in [-0.15, -0.1) is 0 Å². The average molecular weight is 264 g/mol. The Bertz CT molecular complexity index is 477. The summed E-state index contributed by atoms with van der Waals surface area (Å²) in [5.74, 6) is -0.191. The number of aromatic carboxylic acids is 1. The van der Waals surface area contributed by atoms with Gasteiger partial charge in [-0.1, -0.05) is 0 Å². The van der Waals surface area contributed by atoms with E-state index in [2.05, 4.69) is 23.3 Å². The Kier molecular flexibility index (Phi) is 3.99. The van der Waals surface area contributed by atoms with Crippen molar-refractivity contribution in [2.45, 2.75) is 46.7 Å². The van der Waals surface area contributed by atoms with Crippen LogP contribution in [0.3, 0.4) is 0 Å². The molecule has 0 bridgehead atoms. The molecule has 1 fully saturated rings. The molecular weight excluding hydrogens is 240 g/mol. The Morgan fingerprint density at radius 1 is 1.47 bits per heavy atom. The highest BCUT2D eigenvalue weighted by atomic mass is 16.4. The molecule has 0 aromatic carbocycles. The summed E-state index contributed by atoms with van der Waals surface area (Å²) in [6, 6.07) is 2.39. The van der Waals surface area contributed by atoms with Crippen LogP contribution in [-0.2, 0) is 6.54 Å². The molecule has 1 unspecified atom stereocenters. The lowest BCUT2D eigenvalue weighted by molar-refractivity contribution is 0.0696. The lowest BCUT2D eigenvalue weighted by Gasteiger charge is -2.21. The van der Waals surface area contributed by atoms with Gasteiger partial charge in [0.05, 0.1) is 5.56 Å². The summed E-state index contributed by atoms with van der Waals surface area (Å²) >= 11 is 0. The highest BCUT2D eigenvalue weighted by Crippen LogP contribution is 2.23. The molecule has 106 valence electrons. The molecule has 0 radical (unpaired) electrons. The highest BCUT2D eigenvalue weighted by Gasteiger charge is 2.25. The zero-order chi connectivity index (χ0) is 14.2. The molecule has 0 spiro atoms. The Morgan fingerprint density at radius 3 is 2.63 bits per heavy atom. The predicted octanol–water partition coefficient (Wildman–Crippen LogP) is 2.53. The molecule has 1 saturated heterocycles. The fourth-order valence-corrected chi connectivity index (χ4v) is 3.04. The number of hydrogen-bond donors (Lipinski definition) is 1. The van der Waals surface area contributed by atoms with E-state index >= 15 is 0 Å². The van der Waals surface area contributed by atoms with E-state index in [4.69, 9.17) is 5.11 Å². The van der Waals surface area contributed by atoms with Crippen molar-refractivity contribution in [3.63, 3.8) is 0 Å². The predicted molar refractivity (Wildman–Crippen MR) is 75.7 cm³/mol. The Morgan fingerprint density at radius 2 is 2.16 bits per heavy atom. The van der Waals surface area contributed by atoms with Crippen molar-refractivity contribution in [1.82, 2.24) is 9.47 Å². The maximum absolute atomic E-state index is 11.1. The first-order valence-electron chi connectivity index (χ1n) is 7.04. The van der Waals surface area contributed by atoms with Crippen LogP contribution >= 0.6 is 0 Å². The summed E-state index contributed by atoms with van der Waals surface area (Å²) < 4.78 is 2.16. The first-order chi connectivity index (χ1) is 8.90. The smallest absolute Gasteiger partial charge is 0.337 e. The molecule has 1 atom stereocenters. The minimum absolute atomic E-state index is 0.441. The van der Waals surface area contributed by atoms with Gasteiger partial charge in [-0.05, 0) is 52.6 Å². The van der Waals surface area contributed by atoms with Crippen LogP contribution in [0, 0.1) is 19.8 Å². The average Bonchev–Trinajstić information content (AvgIpc) is 2.89. The van der Waals surface area contributed by atoms with Crippen LogP contribution in [0.4, 0.5) is 0 Å². The largest absolute Gasteiger partial charge is 0.478 e. The van der Waals surface area contributed by atoms with Crippen LogP contribution in [0.1, 0.15) is 42.0 Å². The monoisotopic (exact) mass is 264 g/mol. The molecule has 0 saturated carbocycles. The summed E-state index contributed by atoms with van der Waals surface area (Å²) in [7, 11) is 0. The van der Waals surface area contributed by atoms with Gasteiger partial charge in [-0.25, -0.2) is 4.79 Å². The minimum atomic E-state index is -0.824. The number of rotatable bonds is 4. The SMILES string of the molecule is Cc1cc(C(=O)O)c(C)n1CC1CCN(C(C)C)C1. The Hall–Kier alpha value is -1.29. The fraction of sp³-hybridized carbons (Fsp3) is 0.667. The number of carboxylic acids is 1. The van der Waals surface area contributed by atoms with E-state index in [-0.39, 0.29) is 0 Å². The number of likely N-dealkylation sites (tertiary alicyclic amines) is 1. The van der Waals surface area contributed by atoms with Gasteiger partial charge in [0.2, 0.25) is 0 Å². The number of aromatic nitrogens is 1. The summed E-state index contributed by atoms with van der Waals surface area (Å²) in [6.45, 7) is 11.6. The second-order valence-corrected chi connectivity index (χ2v) is 5.94. The first kappa shape index (κ1) is 14.1. The van der Waals surface area contributed by atoms with E-state index < -0.39 is 5.97 Å². The normalized spacial score (nSPS) is 20.4. The zero-order valence-corrected chi connectivity index (χ0v) is 12.3. The van der Waals surface area contributed by atoms with Gasteiger partial charge in [-0.2, -0.15) is 0 Å². The highest BCUT2D eigenvalue weighted by molar-refractivity contribution is 5.89. The summed E-state index contributed by atoms with van der Waals surface area (Å²) in [5.41, 5.74) is 2.38. The van der Waals surface area contributed by atoms with Gasteiger partial charge in [0, 0.05) is 30.5 Å². The molecule has 4 heteroatoms. The minimum Gasteiger partial charge on any atom is -0.478 e. The quantitative estimate of drug-likeness (QED) is 0.909. The van der Waals surface area contributed by atoms with Crippen LogP contribution in [0.25, 0.3) is 0 Å². The third-order valence-corrected chi connectivity index (χ3v) is 4.29. The molecule has 1 aliphatic rings. The van der Waals surface area contributed by atoms with Crippen LogP contribution < -0.4 is 0 Å². The third kappa shape index (κ3) is 2.84. The van der Waals surface area contributed by atoms with E-state index in [1.165, 1.54) is 6.42 Å². The summed E-state index contributed by atoms with van der Waals surface area (Å²) in [5, 5.41) is 9.16. The molecule has 4 nitrogen and oxygen atoms in total. The van der Waals surface area contributed by atoms with Gasteiger partial charge in [0.1, 0.15) is 0 Å². The van der Waals surface area contributed by atoms with Crippen molar-refractivity contribution in [2.75, 3.05) is 13.1 Å². The number of aryl methyl sites for hydroxylation is 1. The lowest BCUT2D eigenvalue weighted by atomic mass is 10.1. The summed E-state index contributed by atoms with van der Waals surface area (Å²) in [6.07, 6.45) is 1.21. The van der Waals surface area contributed by atoms with E-state index in [1.807, 2.05) is 13.8 Å². The number of carbonyl (C=O) groups is 1. The van der Waals surface area contributed by atoms with Gasteiger partial charge in [0.15, 0.2) is 0 Å². The van der Waals surface area contributed by atoms with E-state index in [1.54, 1.807) is 6.07 Å². The maximum Gasteiger partial charge on any atom is 0.337 e. The van der Waals surface area contributed by atoms with Crippen molar-refractivity contribution in [3.05, 3.63) is 23.0 Å². The van der Waals surface area contributed by atoms with Crippen molar-refractivity contribution >= 4 is 5.97 Å². The maximum atomic E-state index is 11.1. The van der Waals surface area contributed by atoms with Gasteiger partial charge < -0.3 is 14.6 Å². The second-order valence-electron chi connectivity index (χ2n) is 5.94. The van der Waals surface area contributed by atoms with Gasteiger partial charge >= 0.3 is 5.97 Å². The third-order valence-electron chi connectivity index (χ3n) is 4.29. The second kappa shape index (κ2) is 5.37. The standard InChI is InChI=1S/C15H24N2O2/c1-10(2)16-6-5-13(8-16)9-17-11(3)7-14(12(17)4)15(18)19/h7,10,13H,5-6,8-9H2,1-4H3,(H,18,19). The first-order valence-corrected chi connectivity index (χ1v) is 7.04. The Balaban J connectivity index is 2.10. The number of hydrogen-bond acceptors (Lipinski definition) is 2. The number of carboxylic acid groups (broad SMARTS) is 1. The molecule has 1 N–H and O–H groups in total. The van der Waals surface area contributed by atoms with Crippen molar-refractivity contribution in [3.8, 4) is 0 Å². The molecular formula is C15H24N2O2. The molecule has 19 heavy (non-hydrogen) atoms. The van der Waals surface area contributed by atoms with Gasteiger partial charge in [-0.3, -0.25) is 0 Å². The zero-order valence-electron chi connectivity index (χ0n) is 12.3. The van der Waals surface area contributed by atoms with Crippen LogP contribution in [0.15, 0.2) is 6.07 Å². The van der Waals surface area contributed by atoms with Crippen LogP contribution in [0.5, 0.6) is 0 Å². The van der Waals surface area contributed by atoms with Crippen LogP contribution in [-0.4, -0.2) is 39.7 Å². The molecule has 0 amide bonds. The van der Waals surface area contributed by atoms with Crippen molar-refractivity contribution < 1.29 is 9.90 Å². The Labute approximate surface area is 115 Å². The van der Waals surface area contributed by atoms with E-state index in [0.29, 0.717) is 17.5 Å². The molecule has 1 aromatic heterocycles. The molecule has 2 rings (SSSR count). The van der Waals surface area contributed by atoms with E-state index in [0.717, 1.165) is 31.0 Å². The molecule has 0 aliphatic carbocycles. The molecule has 1 aromatic rings. The van der Waals surface area contributed by atoms with Crippen molar-refractivity contribution in [2.24, 2.45) is 5.92 Å². The molecule has 2 heterocycles. The van der Waals surface area contributed by atoms with Crippen LogP contribution in [0.2, 0.25) is 0 Å². The fourth-order valence-electron chi connectivity index (χ4n) is 3.04. The van der Waals surface area contributed by atoms with Crippen molar-refractivity contribution in [1.29, 1.82) is 0 Å².